The van der Waals surface area contributed by atoms with Crippen molar-refractivity contribution in [2.45, 2.75) is 45.0 Å². The van der Waals surface area contributed by atoms with Gasteiger partial charge in [-0.2, -0.15) is 10.4 Å². The predicted octanol–water partition coefficient (Wildman–Crippen LogP) is 3.09. The van der Waals surface area contributed by atoms with Crippen LogP contribution in [0.15, 0.2) is 30.6 Å². The minimum Gasteiger partial charge on any atom is -0.372 e. The van der Waals surface area contributed by atoms with Gasteiger partial charge in [0.2, 0.25) is 0 Å². The summed E-state index contributed by atoms with van der Waals surface area (Å²) in [5, 5.41) is 16.7. The first-order chi connectivity index (χ1) is 11.6. The average Bonchev–Trinajstić information content (AvgIpc) is 3.23. The Hall–Kier alpha value is -2.23. The summed E-state index contributed by atoms with van der Waals surface area (Å²) in [6.45, 7) is 5.18. The van der Waals surface area contributed by atoms with Crippen LogP contribution in [0.25, 0.3) is 0 Å². The molecule has 0 spiro atoms. The summed E-state index contributed by atoms with van der Waals surface area (Å²) in [4.78, 5) is 0. The Kier molecular flexibility index (Phi) is 4.93. The van der Waals surface area contributed by atoms with E-state index in [1.165, 1.54) is 12.1 Å². The number of rotatable bonds is 5. The van der Waals surface area contributed by atoms with Crippen molar-refractivity contribution in [2.75, 3.05) is 6.61 Å². The first kappa shape index (κ1) is 16.6. The molecule has 1 saturated heterocycles. The molecule has 0 saturated carbocycles. The normalized spacial score (nSPS) is 20.5. The number of nitrogens with zero attached hydrogens (tertiary/aromatic N) is 3. The lowest BCUT2D eigenvalue weighted by molar-refractivity contribution is 0.0983. The molecule has 126 valence electrons. The number of nitrogens with one attached hydrogen (secondary N) is 1. The van der Waals surface area contributed by atoms with Crippen molar-refractivity contribution in [3.8, 4) is 6.07 Å². The quantitative estimate of drug-likeness (QED) is 0.916. The minimum atomic E-state index is -0.301. The maximum Gasteiger partial charge on any atom is 0.127 e. The molecule has 5 nitrogen and oxygen atoms in total. The van der Waals surface area contributed by atoms with Crippen LogP contribution in [-0.2, 0) is 11.3 Å². The number of nitriles is 1. The van der Waals surface area contributed by atoms with Gasteiger partial charge in [-0.1, -0.05) is 0 Å². The summed E-state index contributed by atoms with van der Waals surface area (Å²) in [7, 11) is 0. The highest BCUT2D eigenvalue weighted by molar-refractivity contribution is 5.33. The molecule has 3 rings (SSSR count). The first-order valence-corrected chi connectivity index (χ1v) is 8.16. The van der Waals surface area contributed by atoms with Crippen molar-refractivity contribution in [2.24, 2.45) is 0 Å². The highest BCUT2D eigenvalue weighted by Crippen LogP contribution is 2.29. The standard InChI is InChI=1S/C18H21FN4O/c1-12(2)23-11-15(10-22-23)18-17(5-6-24-18)21-9-14-7-13(8-20)3-4-16(14)19/h3-4,7,10-12,17-18,21H,5-6,9H2,1-2H3/t17-,18+/m0/s1. The van der Waals surface area contributed by atoms with Crippen molar-refractivity contribution in [1.29, 1.82) is 5.26 Å². The zero-order valence-corrected chi connectivity index (χ0v) is 13.9. The molecule has 0 amide bonds. The van der Waals surface area contributed by atoms with Crippen LogP contribution in [0.5, 0.6) is 0 Å². The maximum absolute atomic E-state index is 13.9. The molecule has 0 radical (unpaired) electrons. The fourth-order valence-electron chi connectivity index (χ4n) is 2.93. The molecule has 1 aliphatic rings. The fourth-order valence-corrected chi connectivity index (χ4v) is 2.93. The van der Waals surface area contributed by atoms with Crippen LogP contribution in [0.2, 0.25) is 0 Å². The SMILES string of the molecule is CC(C)n1cc([C@H]2OCC[C@@H]2NCc2cc(C#N)ccc2F)cn1. The largest absolute Gasteiger partial charge is 0.372 e. The van der Waals surface area contributed by atoms with Gasteiger partial charge in [0.1, 0.15) is 11.9 Å². The highest BCUT2D eigenvalue weighted by Gasteiger charge is 2.30. The second-order valence-corrected chi connectivity index (χ2v) is 6.33. The van der Waals surface area contributed by atoms with Crippen molar-refractivity contribution < 1.29 is 9.13 Å². The van der Waals surface area contributed by atoms with Crippen LogP contribution < -0.4 is 5.32 Å². The van der Waals surface area contributed by atoms with Crippen LogP contribution in [0.4, 0.5) is 4.39 Å². The second-order valence-electron chi connectivity index (χ2n) is 6.33. The molecule has 1 fully saturated rings. The lowest BCUT2D eigenvalue weighted by atomic mass is 10.0. The molecule has 2 heterocycles. The number of ether oxygens (including phenoxy) is 1. The van der Waals surface area contributed by atoms with Crippen LogP contribution in [0.1, 0.15) is 49.1 Å². The Balaban J connectivity index is 1.69. The summed E-state index contributed by atoms with van der Waals surface area (Å²) >= 11 is 0. The number of hydrogen-bond donors (Lipinski definition) is 1. The molecule has 0 aliphatic carbocycles. The third kappa shape index (κ3) is 3.48. The van der Waals surface area contributed by atoms with Gasteiger partial charge in [-0.05, 0) is 38.5 Å². The molecule has 0 unspecified atom stereocenters. The Bertz CT molecular complexity index is 750. The van der Waals surface area contributed by atoms with Gasteiger partial charge in [-0.3, -0.25) is 4.68 Å². The van der Waals surface area contributed by atoms with E-state index in [0.717, 1.165) is 12.0 Å². The summed E-state index contributed by atoms with van der Waals surface area (Å²) in [6, 6.07) is 6.85. The van der Waals surface area contributed by atoms with Gasteiger partial charge in [-0.25, -0.2) is 4.39 Å². The third-order valence-electron chi connectivity index (χ3n) is 4.30. The average molecular weight is 328 g/mol. The van der Waals surface area contributed by atoms with E-state index in [-0.39, 0.29) is 18.0 Å². The van der Waals surface area contributed by atoms with Crippen LogP contribution >= 0.6 is 0 Å². The van der Waals surface area contributed by atoms with Gasteiger partial charge in [0.15, 0.2) is 0 Å². The topological polar surface area (TPSA) is 62.9 Å². The molecular formula is C18H21FN4O. The van der Waals surface area contributed by atoms with Gasteiger partial charge in [0.25, 0.3) is 0 Å². The molecule has 1 N–H and O–H groups in total. The summed E-state index contributed by atoms with van der Waals surface area (Å²) in [6.07, 6.45) is 4.62. The monoisotopic (exact) mass is 328 g/mol. The van der Waals surface area contributed by atoms with Gasteiger partial charge >= 0.3 is 0 Å². The molecule has 1 aliphatic heterocycles. The van der Waals surface area contributed by atoms with E-state index in [1.54, 1.807) is 6.07 Å². The zero-order chi connectivity index (χ0) is 17.1. The number of benzene rings is 1. The van der Waals surface area contributed by atoms with Gasteiger partial charge < -0.3 is 10.1 Å². The van der Waals surface area contributed by atoms with E-state index in [9.17, 15) is 4.39 Å². The number of halogens is 1. The van der Waals surface area contributed by atoms with Crippen LogP contribution in [-0.4, -0.2) is 22.4 Å². The van der Waals surface area contributed by atoms with E-state index in [1.807, 2.05) is 23.1 Å². The first-order valence-electron chi connectivity index (χ1n) is 8.16. The predicted molar refractivity (Wildman–Crippen MR) is 87.7 cm³/mol. The van der Waals surface area contributed by atoms with Crippen LogP contribution in [0, 0.1) is 17.1 Å². The Morgan fingerprint density at radius 3 is 3.04 bits per heavy atom. The molecular weight excluding hydrogens is 307 g/mol. The molecule has 6 heteroatoms. The Labute approximate surface area is 141 Å². The molecule has 1 aromatic carbocycles. The number of aromatic nitrogens is 2. The Morgan fingerprint density at radius 2 is 2.33 bits per heavy atom. The summed E-state index contributed by atoms with van der Waals surface area (Å²) in [5.41, 5.74) is 1.99. The van der Waals surface area contributed by atoms with E-state index < -0.39 is 0 Å². The van der Waals surface area contributed by atoms with E-state index >= 15 is 0 Å². The van der Waals surface area contributed by atoms with Crippen molar-refractivity contribution in [1.82, 2.24) is 15.1 Å². The van der Waals surface area contributed by atoms with Crippen molar-refractivity contribution in [3.63, 3.8) is 0 Å². The lowest BCUT2D eigenvalue weighted by Gasteiger charge is -2.19. The van der Waals surface area contributed by atoms with Crippen LogP contribution in [0.3, 0.4) is 0 Å². The van der Waals surface area contributed by atoms with Gasteiger partial charge in [0.05, 0.1) is 17.8 Å². The summed E-state index contributed by atoms with van der Waals surface area (Å²) < 4.78 is 21.7. The molecule has 2 aromatic rings. The fraction of sp³-hybridized carbons (Fsp3) is 0.444. The second kappa shape index (κ2) is 7.12. The third-order valence-corrected chi connectivity index (χ3v) is 4.30. The van der Waals surface area contributed by atoms with E-state index in [4.69, 9.17) is 10.00 Å². The minimum absolute atomic E-state index is 0.0836. The zero-order valence-electron chi connectivity index (χ0n) is 13.9. The molecule has 0 bridgehead atoms. The molecule has 24 heavy (non-hydrogen) atoms. The van der Waals surface area contributed by atoms with E-state index in [0.29, 0.717) is 30.3 Å². The molecule has 1 aromatic heterocycles. The van der Waals surface area contributed by atoms with Crippen molar-refractivity contribution in [3.05, 3.63) is 53.1 Å². The maximum atomic E-state index is 13.9. The van der Waals surface area contributed by atoms with E-state index in [2.05, 4.69) is 24.3 Å². The smallest absolute Gasteiger partial charge is 0.127 e. The van der Waals surface area contributed by atoms with Gasteiger partial charge in [-0.15, -0.1) is 0 Å². The highest BCUT2D eigenvalue weighted by atomic mass is 19.1. The van der Waals surface area contributed by atoms with Crippen molar-refractivity contribution >= 4 is 0 Å². The lowest BCUT2D eigenvalue weighted by Crippen LogP contribution is -2.31. The van der Waals surface area contributed by atoms with Gasteiger partial charge in [0, 0.05) is 42.6 Å². The molecule has 2 atom stereocenters. The summed E-state index contributed by atoms with van der Waals surface area (Å²) in [5.74, 6) is -0.301. The Morgan fingerprint density at radius 1 is 1.50 bits per heavy atom. The number of hydrogen-bond acceptors (Lipinski definition) is 4.